The Balaban J connectivity index is 0.00000288. The topological polar surface area (TPSA) is 68.9 Å². The Hall–Kier alpha value is -1.18. The highest BCUT2D eigenvalue weighted by atomic mass is 127. The highest BCUT2D eigenvalue weighted by molar-refractivity contribution is 14.0. The molecule has 0 amide bonds. The number of aliphatic imine (C=N–C) groups is 1. The molecule has 0 unspecified atom stereocenters. The SMILES string of the molecule is COc1ccc(CCCN=C(N)NC2CCCCC2)cc1OC.I. The zero-order valence-electron chi connectivity index (χ0n) is 14.7. The average molecular weight is 447 g/mol. The van der Waals surface area contributed by atoms with Crippen LogP contribution in [0.4, 0.5) is 0 Å². The van der Waals surface area contributed by atoms with Gasteiger partial charge in [-0.3, -0.25) is 4.99 Å². The number of hydrogen-bond acceptors (Lipinski definition) is 3. The highest BCUT2D eigenvalue weighted by Crippen LogP contribution is 2.27. The lowest BCUT2D eigenvalue weighted by Gasteiger charge is -2.23. The number of nitrogens with zero attached hydrogens (tertiary/aromatic N) is 1. The van der Waals surface area contributed by atoms with E-state index in [9.17, 15) is 0 Å². The molecular weight excluding hydrogens is 417 g/mol. The third-order valence-electron chi connectivity index (χ3n) is 4.31. The number of rotatable bonds is 7. The molecule has 0 atom stereocenters. The lowest BCUT2D eigenvalue weighted by Crippen LogP contribution is -2.41. The smallest absolute Gasteiger partial charge is 0.188 e. The monoisotopic (exact) mass is 447 g/mol. The standard InChI is InChI=1S/C18H29N3O2.HI/c1-22-16-11-10-14(13-17(16)23-2)7-6-12-20-18(19)21-15-8-4-3-5-9-15;/h10-11,13,15H,3-9,12H2,1-2H3,(H3,19,20,21);1H. The van der Waals surface area contributed by atoms with E-state index in [-0.39, 0.29) is 24.0 Å². The summed E-state index contributed by atoms with van der Waals surface area (Å²) in [6, 6.07) is 6.54. The van der Waals surface area contributed by atoms with Gasteiger partial charge in [-0.15, -0.1) is 24.0 Å². The van der Waals surface area contributed by atoms with Gasteiger partial charge >= 0.3 is 0 Å². The van der Waals surface area contributed by atoms with E-state index in [0.717, 1.165) is 30.9 Å². The zero-order chi connectivity index (χ0) is 16.5. The van der Waals surface area contributed by atoms with Crippen LogP contribution in [0, 0.1) is 0 Å². The van der Waals surface area contributed by atoms with Crippen LogP contribution in [0.5, 0.6) is 11.5 Å². The van der Waals surface area contributed by atoms with Gasteiger partial charge in [0.25, 0.3) is 0 Å². The van der Waals surface area contributed by atoms with Crippen molar-refractivity contribution in [3.63, 3.8) is 0 Å². The van der Waals surface area contributed by atoms with E-state index in [1.807, 2.05) is 12.1 Å². The molecule has 1 fully saturated rings. The molecule has 6 heteroatoms. The predicted octanol–water partition coefficient (Wildman–Crippen LogP) is 3.49. The third kappa shape index (κ3) is 6.75. The summed E-state index contributed by atoms with van der Waals surface area (Å²) in [4.78, 5) is 4.44. The predicted molar refractivity (Wildman–Crippen MR) is 110 cm³/mol. The highest BCUT2D eigenvalue weighted by Gasteiger charge is 2.13. The molecule has 0 radical (unpaired) electrons. The molecule has 3 N–H and O–H groups in total. The van der Waals surface area contributed by atoms with E-state index in [1.54, 1.807) is 14.2 Å². The number of nitrogens with one attached hydrogen (secondary N) is 1. The Labute approximate surface area is 162 Å². The van der Waals surface area contributed by atoms with Crippen molar-refractivity contribution in [3.05, 3.63) is 23.8 Å². The van der Waals surface area contributed by atoms with Crippen molar-refractivity contribution < 1.29 is 9.47 Å². The molecule has 1 aliphatic carbocycles. The maximum Gasteiger partial charge on any atom is 0.188 e. The molecule has 0 aromatic heterocycles. The van der Waals surface area contributed by atoms with Gasteiger partial charge in [-0.05, 0) is 43.4 Å². The first-order chi connectivity index (χ1) is 11.2. The maximum atomic E-state index is 5.97. The van der Waals surface area contributed by atoms with Crippen molar-refractivity contribution >= 4 is 29.9 Å². The first-order valence-corrected chi connectivity index (χ1v) is 8.50. The zero-order valence-corrected chi connectivity index (χ0v) is 17.0. The molecule has 2 rings (SSSR count). The van der Waals surface area contributed by atoms with Crippen LogP contribution in [0.2, 0.25) is 0 Å². The number of aryl methyl sites for hydroxylation is 1. The first-order valence-electron chi connectivity index (χ1n) is 8.50. The lowest BCUT2D eigenvalue weighted by molar-refractivity contribution is 0.354. The largest absolute Gasteiger partial charge is 0.493 e. The van der Waals surface area contributed by atoms with Gasteiger partial charge in [0, 0.05) is 12.6 Å². The minimum absolute atomic E-state index is 0. The molecule has 1 aromatic rings. The summed E-state index contributed by atoms with van der Waals surface area (Å²) in [5.41, 5.74) is 7.19. The molecule has 24 heavy (non-hydrogen) atoms. The Bertz CT molecular complexity index is 517. The van der Waals surface area contributed by atoms with Crippen LogP contribution in [0.25, 0.3) is 0 Å². The Morgan fingerprint density at radius 2 is 1.88 bits per heavy atom. The van der Waals surface area contributed by atoms with Crippen LogP contribution in [0.15, 0.2) is 23.2 Å². The van der Waals surface area contributed by atoms with E-state index in [4.69, 9.17) is 15.2 Å². The van der Waals surface area contributed by atoms with Crippen molar-refractivity contribution in [1.29, 1.82) is 0 Å². The second-order valence-corrected chi connectivity index (χ2v) is 6.04. The molecule has 1 aliphatic rings. The fourth-order valence-electron chi connectivity index (χ4n) is 3.02. The van der Waals surface area contributed by atoms with Crippen molar-refractivity contribution in [3.8, 4) is 11.5 Å². The van der Waals surface area contributed by atoms with Crippen LogP contribution in [-0.2, 0) is 6.42 Å². The minimum Gasteiger partial charge on any atom is -0.493 e. The minimum atomic E-state index is 0. The first kappa shape index (κ1) is 20.9. The van der Waals surface area contributed by atoms with E-state index in [0.29, 0.717) is 12.0 Å². The van der Waals surface area contributed by atoms with Gasteiger partial charge in [-0.2, -0.15) is 0 Å². The average Bonchev–Trinajstić information content (AvgIpc) is 2.59. The molecule has 0 bridgehead atoms. The van der Waals surface area contributed by atoms with E-state index >= 15 is 0 Å². The number of halogens is 1. The van der Waals surface area contributed by atoms with Crippen molar-refractivity contribution in [2.75, 3.05) is 20.8 Å². The summed E-state index contributed by atoms with van der Waals surface area (Å²) < 4.78 is 10.6. The summed E-state index contributed by atoms with van der Waals surface area (Å²) in [6.45, 7) is 0.736. The molecule has 136 valence electrons. The second kappa shape index (κ2) is 11.4. The molecule has 0 heterocycles. The van der Waals surface area contributed by atoms with Crippen molar-refractivity contribution in [2.24, 2.45) is 10.7 Å². The normalized spacial score (nSPS) is 15.5. The quantitative estimate of drug-likeness (QED) is 0.291. The molecule has 1 saturated carbocycles. The Kier molecular flexibility index (Phi) is 9.90. The van der Waals surface area contributed by atoms with Gasteiger partial charge in [-0.1, -0.05) is 25.3 Å². The fraction of sp³-hybridized carbons (Fsp3) is 0.611. The molecule has 0 aliphatic heterocycles. The summed E-state index contributed by atoms with van der Waals surface area (Å²) >= 11 is 0. The molecular formula is C18H30IN3O2. The molecule has 5 nitrogen and oxygen atoms in total. The number of benzene rings is 1. The molecule has 0 spiro atoms. The molecule has 0 saturated heterocycles. The van der Waals surface area contributed by atoms with Crippen LogP contribution in [0.3, 0.4) is 0 Å². The summed E-state index contributed by atoms with van der Waals surface area (Å²) in [5, 5.41) is 3.34. The van der Waals surface area contributed by atoms with Crippen molar-refractivity contribution in [2.45, 2.75) is 51.0 Å². The van der Waals surface area contributed by atoms with Crippen LogP contribution in [0.1, 0.15) is 44.1 Å². The van der Waals surface area contributed by atoms with E-state index in [1.165, 1.54) is 37.7 Å². The summed E-state index contributed by atoms with van der Waals surface area (Å²) in [6.07, 6.45) is 8.27. The Morgan fingerprint density at radius 3 is 2.54 bits per heavy atom. The number of nitrogens with two attached hydrogens (primary N) is 1. The number of hydrogen-bond donors (Lipinski definition) is 2. The van der Waals surface area contributed by atoms with Gasteiger partial charge < -0.3 is 20.5 Å². The summed E-state index contributed by atoms with van der Waals surface area (Å²) in [7, 11) is 3.30. The van der Waals surface area contributed by atoms with Crippen LogP contribution >= 0.6 is 24.0 Å². The van der Waals surface area contributed by atoms with Crippen LogP contribution < -0.4 is 20.5 Å². The molecule has 1 aromatic carbocycles. The second-order valence-electron chi connectivity index (χ2n) is 6.04. The maximum absolute atomic E-state index is 5.97. The third-order valence-corrected chi connectivity index (χ3v) is 4.31. The van der Waals surface area contributed by atoms with Gasteiger partial charge in [-0.25, -0.2) is 0 Å². The van der Waals surface area contributed by atoms with E-state index < -0.39 is 0 Å². The van der Waals surface area contributed by atoms with Crippen LogP contribution in [-0.4, -0.2) is 32.8 Å². The number of ether oxygens (including phenoxy) is 2. The fourth-order valence-corrected chi connectivity index (χ4v) is 3.02. The van der Waals surface area contributed by atoms with E-state index in [2.05, 4.69) is 16.4 Å². The summed E-state index contributed by atoms with van der Waals surface area (Å²) in [5.74, 6) is 2.12. The lowest BCUT2D eigenvalue weighted by atomic mass is 9.96. The van der Waals surface area contributed by atoms with Gasteiger partial charge in [0.15, 0.2) is 17.5 Å². The number of methoxy groups -OCH3 is 2. The van der Waals surface area contributed by atoms with Gasteiger partial charge in [0.1, 0.15) is 0 Å². The number of guanidine groups is 1. The van der Waals surface area contributed by atoms with Gasteiger partial charge in [0.05, 0.1) is 14.2 Å². The van der Waals surface area contributed by atoms with Crippen molar-refractivity contribution in [1.82, 2.24) is 5.32 Å². The van der Waals surface area contributed by atoms with Gasteiger partial charge in [0.2, 0.25) is 0 Å². The Morgan fingerprint density at radius 1 is 1.17 bits per heavy atom.